The van der Waals surface area contributed by atoms with E-state index in [0.717, 1.165) is 28.8 Å². The highest BCUT2D eigenvalue weighted by molar-refractivity contribution is 5.78. The number of fused-ring (bicyclic) bond motifs is 1. The van der Waals surface area contributed by atoms with Gasteiger partial charge in [-0.05, 0) is 37.1 Å². The molecule has 108 valence electrons. The third kappa shape index (κ3) is 2.78. The van der Waals surface area contributed by atoms with E-state index in [9.17, 15) is 0 Å². The van der Waals surface area contributed by atoms with Crippen molar-refractivity contribution in [2.75, 3.05) is 0 Å². The molecule has 3 heterocycles. The molecular weight excluding hydrogens is 262 g/mol. The number of aromatic nitrogens is 4. The summed E-state index contributed by atoms with van der Waals surface area (Å²) in [6.07, 6.45) is 5.59. The zero-order chi connectivity index (χ0) is 14.8. The van der Waals surface area contributed by atoms with Crippen LogP contribution in [0.15, 0.2) is 36.8 Å². The molecule has 0 fully saturated rings. The smallest absolute Gasteiger partial charge is 0.157 e. The molecule has 0 radical (unpaired) electrons. The number of nitrogens with one attached hydrogen (secondary N) is 1. The first-order valence-corrected chi connectivity index (χ1v) is 7.06. The zero-order valence-corrected chi connectivity index (χ0v) is 12.5. The summed E-state index contributed by atoms with van der Waals surface area (Å²) in [4.78, 5) is 8.65. The van der Waals surface area contributed by atoms with E-state index < -0.39 is 0 Å². The van der Waals surface area contributed by atoms with Gasteiger partial charge in [0.25, 0.3) is 0 Å². The van der Waals surface area contributed by atoms with Gasteiger partial charge in [0.05, 0.1) is 5.69 Å². The van der Waals surface area contributed by atoms with Gasteiger partial charge in [-0.25, -0.2) is 4.98 Å². The van der Waals surface area contributed by atoms with Crippen molar-refractivity contribution in [1.82, 2.24) is 25.1 Å². The molecule has 3 rings (SSSR count). The largest absolute Gasteiger partial charge is 0.306 e. The molecule has 0 amide bonds. The zero-order valence-electron chi connectivity index (χ0n) is 12.5. The summed E-state index contributed by atoms with van der Waals surface area (Å²) in [5, 5.41) is 9.02. The van der Waals surface area contributed by atoms with Crippen LogP contribution in [-0.4, -0.2) is 19.7 Å². The number of hydrogen-bond donors (Lipinski definition) is 1. The quantitative estimate of drug-likeness (QED) is 0.798. The Labute approximate surface area is 124 Å². The first kappa shape index (κ1) is 13.7. The monoisotopic (exact) mass is 281 g/mol. The van der Waals surface area contributed by atoms with Crippen LogP contribution in [0.3, 0.4) is 0 Å². The fraction of sp³-hybridized carbons (Fsp3) is 0.312. The molecule has 0 bridgehead atoms. The summed E-state index contributed by atoms with van der Waals surface area (Å²) >= 11 is 0. The van der Waals surface area contributed by atoms with Crippen molar-refractivity contribution in [3.63, 3.8) is 0 Å². The predicted molar refractivity (Wildman–Crippen MR) is 82.7 cm³/mol. The van der Waals surface area contributed by atoms with E-state index in [-0.39, 0.29) is 6.04 Å². The van der Waals surface area contributed by atoms with Crippen LogP contribution in [0, 0.1) is 6.92 Å². The second kappa shape index (κ2) is 5.61. The molecule has 3 aromatic rings. The van der Waals surface area contributed by atoms with Gasteiger partial charge < -0.3 is 5.32 Å². The number of pyridine rings is 2. The van der Waals surface area contributed by atoms with Crippen molar-refractivity contribution in [3.05, 3.63) is 53.6 Å². The Bertz CT molecular complexity index is 748. The van der Waals surface area contributed by atoms with Crippen LogP contribution < -0.4 is 5.32 Å². The topological polar surface area (TPSA) is 55.6 Å². The van der Waals surface area contributed by atoms with Crippen LogP contribution >= 0.6 is 0 Å². The Balaban J connectivity index is 1.75. The maximum atomic E-state index is 4.50. The fourth-order valence-corrected chi connectivity index (χ4v) is 2.47. The van der Waals surface area contributed by atoms with Crippen molar-refractivity contribution in [1.29, 1.82) is 0 Å². The second-order valence-electron chi connectivity index (χ2n) is 5.31. The van der Waals surface area contributed by atoms with E-state index in [2.05, 4.69) is 39.4 Å². The fourth-order valence-electron chi connectivity index (χ4n) is 2.47. The van der Waals surface area contributed by atoms with Crippen molar-refractivity contribution < 1.29 is 0 Å². The summed E-state index contributed by atoms with van der Waals surface area (Å²) in [6.45, 7) is 4.92. The number of aryl methyl sites for hydroxylation is 2. The van der Waals surface area contributed by atoms with Crippen molar-refractivity contribution in [3.8, 4) is 0 Å². The molecule has 5 nitrogen and oxygen atoms in total. The number of hydrogen-bond acceptors (Lipinski definition) is 4. The van der Waals surface area contributed by atoms with Gasteiger partial charge in [0.15, 0.2) is 5.65 Å². The van der Waals surface area contributed by atoms with Crippen LogP contribution in [0.2, 0.25) is 0 Å². The van der Waals surface area contributed by atoms with E-state index in [1.54, 1.807) is 6.20 Å². The van der Waals surface area contributed by atoms with Crippen molar-refractivity contribution >= 4 is 11.0 Å². The SMILES string of the molecule is Cc1nn(C)c2ncc(CN[C@@H](C)c3cccnc3)cc12. The average Bonchev–Trinajstić information content (AvgIpc) is 2.80. The molecule has 21 heavy (non-hydrogen) atoms. The lowest BCUT2D eigenvalue weighted by Gasteiger charge is -2.13. The summed E-state index contributed by atoms with van der Waals surface area (Å²) in [5.41, 5.74) is 4.29. The minimum Gasteiger partial charge on any atom is -0.306 e. The minimum absolute atomic E-state index is 0.254. The third-order valence-corrected chi connectivity index (χ3v) is 3.72. The van der Waals surface area contributed by atoms with Crippen LogP contribution in [0.1, 0.15) is 29.8 Å². The van der Waals surface area contributed by atoms with Gasteiger partial charge in [0, 0.05) is 43.6 Å². The standard InChI is InChI=1S/C16H19N5/c1-11(14-5-4-6-17-10-14)18-8-13-7-15-12(2)20-21(3)16(15)19-9-13/h4-7,9-11,18H,8H2,1-3H3/t11-/m0/s1. The lowest BCUT2D eigenvalue weighted by Crippen LogP contribution is -2.18. The van der Waals surface area contributed by atoms with Gasteiger partial charge >= 0.3 is 0 Å². The first-order valence-electron chi connectivity index (χ1n) is 7.06. The summed E-state index contributed by atoms with van der Waals surface area (Å²) in [5.74, 6) is 0. The maximum absolute atomic E-state index is 4.50. The molecule has 0 aliphatic rings. The summed E-state index contributed by atoms with van der Waals surface area (Å²) in [7, 11) is 1.92. The first-order chi connectivity index (χ1) is 10.1. The molecule has 0 aliphatic heterocycles. The predicted octanol–water partition coefficient (Wildman–Crippen LogP) is 2.52. The van der Waals surface area contributed by atoms with Gasteiger partial charge in [0.2, 0.25) is 0 Å². The lowest BCUT2D eigenvalue weighted by molar-refractivity contribution is 0.572. The molecular formula is C16H19N5. The Morgan fingerprint density at radius 2 is 2.19 bits per heavy atom. The van der Waals surface area contributed by atoms with Crippen molar-refractivity contribution in [2.24, 2.45) is 7.05 Å². The van der Waals surface area contributed by atoms with Crippen LogP contribution in [0.5, 0.6) is 0 Å². The van der Waals surface area contributed by atoms with E-state index in [1.165, 1.54) is 5.56 Å². The average molecular weight is 281 g/mol. The van der Waals surface area contributed by atoms with Gasteiger partial charge in [-0.3, -0.25) is 9.67 Å². The number of nitrogens with zero attached hydrogens (tertiary/aromatic N) is 4. The molecule has 0 aromatic carbocycles. The molecule has 1 atom stereocenters. The summed E-state index contributed by atoms with van der Waals surface area (Å²) < 4.78 is 1.82. The normalized spacial score (nSPS) is 12.7. The minimum atomic E-state index is 0.254. The van der Waals surface area contributed by atoms with Gasteiger partial charge in [-0.2, -0.15) is 5.10 Å². The van der Waals surface area contributed by atoms with Crippen LogP contribution in [0.4, 0.5) is 0 Å². The van der Waals surface area contributed by atoms with Gasteiger partial charge in [0.1, 0.15) is 0 Å². The highest BCUT2D eigenvalue weighted by Gasteiger charge is 2.08. The Hall–Kier alpha value is -2.27. The van der Waals surface area contributed by atoms with Gasteiger partial charge in [-0.1, -0.05) is 6.07 Å². The summed E-state index contributed by atoms with van der Waals surface area (Å²) in [6, 6.07) is 6.45. The Morgan fingerprint density at radius 1 is 1.33 bits per heavy atom. The van der Waals surface area contributed by atoms with E-state index in [4.69, 9.17) is 0 Å². The van der Waals surface area contributed by atoms with Crippen molar-refractivity contribution in [2.45, 2.75) is 26.4 Å². The third-order valence-electron chi connectivity index (χ3n) is 3.72. The Morgan fingerprint density at radius 3 is 2.95 bits per heavy atom. The highest BCUT2D eigenvalue weighted by atomic mass is 15.3. The lowest BCUT2D eigenvalue weighted by atomic mass is 10.1. The van der Waals surface area contributed by atoms with E-state index >= 15 is 0 Å². The molecule has 0 unspecified atom stereocenters. The Kier molecular flexibility index (Phi) is 3.66. The maximum Gasteiger partial charge on any atom is 0.157 e. The second-order valence-corrected chi connectivity index (χ2v) is 5.31. The van der Waals surface area contributed by atoms with Crippen LogP contribution in [-0.2, 0) is 13.6 Å². The molecule has 0 saturated heterocycles. The molecule has 5 heteroatoms. The van der Waals surface area contributed by atoms with E-state index in [0.29, 0.717) is 0 Å². The van der Waals surface area contributed by atoms with Crippen LogP contribution in [0.25, 0.3) is 11.0 Å². The molecule has 0 aliphatic carbocycles. The molecule has 1 N–H and O–H groups in total. The van der Waals surface area contributed by atoms with E-state index in [1.807, 2.05) is 37.1 Å². The molecule has 3 aromatic heterocycles. The highest BCUT2D eigenvalue weighted by Crippen LogP contribution is 2.17. The van der Waals surface area contributed by atoms with Gasteiger partial charge in [-0.15, -0.1) is 0 Å². The molecule has 0 saturated carbocycles. The number of rotatable bonds is 4. The molecule has 0 spiro atoms.